The number of rotatable bonds is 2. The first-order valence-corrected chi connectivity index (χ1v) is 9.77. The van der Waals surface area contributed by atoms with Crippen molar-refractivity contribution in [2.24, 2.45) is 5.41 Å². The number of hydrogen-bond donors (Lipinski definition) is 2. The Labute approximate surface area is 176 Å². The Balaban J connectivity index is 1.63. The molecule has 158 valence electrons. The zero-order valence-electron chi connectivity index (χ0n) is 16.3. The number of anilines is 2. The first kappa shape index (κ1) is 19.0. The number of pyridine rings is 1. The van der Waals surface area contributed by atoms with Crippen LogP contribution in [0.1, 0.15) is 5.56 Å². The number of nitrogens with one attached hydrogen (secondary N) is 2. The Hall–Kier alpha value is -4.02. The van der Waals surface area contributed by atoms with Crippen LogP contribution < -0.4 is 20.4 Å². The maximum Gasteiger partial charge on any atom is 0.328 e. The third-order valence-corrected chi connectivity index (χ3v) is 6.24. The van der Waals surface area contributed by atoms with Crippen LogP contribution in [0.5, 0.6) is 0 Å². The molecule has 5 rings (SSSR count). The third kappa shape index (κ3) is 2.80. The Kier molecular flexibility index (Phi) is 4.14. The zero-order valence-corrected chi connectivity index (χ0v) is 16.3. The summed E-state index contributed by atoms with van der Waals surface area (Å²) >= 11 is 0. The SMILES string of the molecule is O=C1NC(=O)C2(Cc3cc([N+](=O)[O-])ccc3N3CCN(c4ccccn4)CC32)C(=O)N1. The van der Waals surface area contributed by atoms with E-state index in [1.807, 2.05) is 21.9 Å². The maximum absolute atomic E-state index is 13.1. The van der Waals surface area contributed by atoms with Gasteiger partial charge < -0.3 is 9.80 Å². The van der Waals surface area contributed by atoms with Gasteiger partial charge in [-0.1, -0.05) is 6.07 Å². The predicted octanol–water partition coefficient (Wildman–Crippen LogP) is 0.593. The average molecular weight is 422 g/mol. The number of carbonyl (C=O) groups excluding carboxylic acids is 3. The van der Waals surface area contributed by atoms with Crippen LogP contribution in [0.25, 0.3) is 0 Å². The summed E-state index contributed by atoms with van der Waals surface area (Å²) < 4.78 is 0. The van der Waals surface area contributed by atoms with Crippen molar-refractivity contribution >= 4 is 35.0 Å². The van der Waals surface area contributed by atoms with Gasteiger partial charge in [0.15, 0.2) is 5.41 Å². The van der Waals surface area contributed by atoms with Crippen LogP contribution in [0.4, 0.5) is 22.0 Å². The van der Waals surface area contributed by atoms with Gasteiger partial charge in [0.2, 0.25) is 11.8 Å². The Morgan fingerprint density at radius 1 is 1.10 bits per heavy atom. The average Bonchev–Trinajstić information content (AvgIpc) is 2.77. The normalized spacial score (nSPS) is 21.8. The molecule has 0 radical (unpaired) electrons. The van der Waals surface area contributed by atoms with Crippen LogP contribution in [-0.4, -0.2) is 53.4 Å². The van der Waals surface area contributed by atoms with Crippen molar-refractivity contribution in [1.29, 1.82) is 0 Å². The number of amides is 4. The number of nitro groups is 1. The maximum atomic E-state index is 13.1. The summed E-state index contributed by atoms with van der Waals surface area (Å²) in [4.78, 5) is 57.1. The predicted molar refractivity (Wildman–Crippen MR) is 108 cm³/mol. The van der Waals surface area contributed by atoms with E-state index in [1.165, 1.54) is 12.1 Å². The second-order valence-electron chi connectivity index (χ2n) is 7.80. The van der Waals surface area contributed by atoms with E-state index in [0.717, 1.165) is 11.5 Å². The fourth-order valence-electron chi connectivity index (χ4n) is 4.79. The van der Waals surface area contributed by atoms with Gasteiger partial charge in [-0.3, -0.25) is 30.3 Å². The van der Waals surface area contributed by atoms with Gasteiger partial charge in [0.05, 0.1) is 11.0 Å². The first-order chi connectivity index (χ1) is 14.9. The number of imide groups is 2. The van der Waals surface area contributed by atoms with Crippen molar-refractivity contribution in [3.63, 3.8) is 0 Å². The van der Waals surface area contributed by atoms with Crippen molar-refractivity contribution in [2.75, 3.05) is 29.4 Å². The number of non-ortho nitro benzene ring substituents is 1. The van der Waals surface area contributed by atoms with Gasteiger partial charge in [-0.25, -0.2) is 9.78 Å². The Morgan fingerprint density at radius 3 is 2.55 bits per heavy atom. The molecule has 1 spiro atoms. The molecule has 2 saturated heterocycles. The van der Waals surface area contributed by atoms with Gasteiger partial charge in [-0.2, -0.15) is 0 Å². The molecule has 2 N–H and O–H groups in total. The third-order valence-electron chi connectivity index (χ3n) is 6.24. The lowest BCUT2D eigenvalue weighted by Gasteiger charge is -2.54. The van der Waals surface area contributed by atoms with Gasteiger partial charge in [-0.05, 0) is 23.8 Å². The summed E-state index contributed by atoms with van der Waals surface area (Å²) in [6, 6.07) is 8.54. The first-order valence-electron chi connectivity index (χ1n) is 9.77. The number of barbiturate groups is 1. The highest BCUT2D eigenvalue weighted by Crippen LogP contribution is 2.45. The number of aromatic nitrogens is 1. The van der Waals surface area contributed by atoms with E-state index in [9.17, 15) is 24.5 Å². The highest BCUT2D eigenvalue weighted by molar-refractivity contribution is 6.20. The molecule has 2 aromatic rings. The number of nitro benzene ring substituents is 1. The minimum absolute atomic E-state index is 0.0494. The molecule has 1 atom stereocenters. The summed E-state index contributed by atoms with van der Waals surface area (Å²) in [6.07, 6.45) is 1.62. The van der Waals surface area contributed by atoms with Crippen molar-refractivity contribution in [3.8, 4) is 0 Å². The number of carbonyl (C=O) groups is 3. The molecule has 1 unspecified atom stereocenters. The second-order valence-corrected chi connectivity index (χ2v) is 7.80. The molecule has 31 heavy (non-hydrogen) atoms. The number of urea groups is 1. The molecule has 3 aliphatic rings. The summed E-state index contributed by atoms with van der Waals surface area (Å²) in [5.74, 6) is -0.674. The van der Waals surface area contributed by atoms with Crippen LogP contribution in [0.15, 0.2) is 42.6 Å². The highest BCUT2D eigenvalue weighted by atomic mass is 16.6. The summed E-state index contributed by atoms with van der Waals surface area (Å²) in [6.45, 7) is 1.38. The minimum atomic E-state index is -1.61. The van der Waals surface area contributed by atoms with E-state index in [1.54, 1.807) is 18.3 Å². The van der Waals surface area contributed by atoms with Crippen LogP contribution >= 0.6 is 0 Å². The molecule has 1 aromatic heterocycles. The van der Waals surface area contributed by atoms with Crippen molar-refractivity contribution in [2.45, 2.75) is 12.5 Å². The smallest absolute Gasteiger partial charge is 0.328 e. The summed E-state index contributed by atoms with van der Waals surface area (Å²) in [5.41, 5.74) is -0.452. The molecule has 1 aromatic carbocycles. The lowest BCUT2D eigenvalue weighted by atomic mass is 9.68. The van der Waals surface area contributed by atoms with Crippen LogP contribution in [0.2, 0.25) is 0 Å². The molecule has 0 bridgehead atoms. The molecular formula is C20H18N6O5. The van der Waals surface area contributed by atoms with Gasteiger partial charge in [0.25, 0.3) is 5.69 Å². The standard InChI is InChI=1S/C20H18N6O5/c27-17-20(18(28)23-19(29)22-17)10-12-9-13(26(30)31)4-5-14(12)25-8-7-24(11-15(20)25)16-3-1-2-6-21-16/h1-6,9,15H,7-8,10-11H2,(H2,22,23,27,28,29). The molecule has 11 nitrogen and oxygen atoms in total. The summed E-state index contributed by atoms with van der Waals surface area (Å²) in [7, 11) is 0. The van der Waals surface area contributed by atoms with Crippen LogP contribution in [0.3, 0.4) is 0 Å². The molecule has 2 fully saturated rings. The van der Waals surface area contributed by atoms with Gasteiger partial charge in [-0.15, -0.1) is 0 Å². The molecule has 0 saturated carbocycles. The van der Waals surface area contributed by atoms with Crippen molar-refractivity contribution in [1.82, 2.24) is 15.6 Å². The van der Waals surface area contributed by atoms with Gasteiger partial charge in [0.1, 0.15) is 5.82 Å². The Morgan fingerprint density at radius 2 is 1.87 bits per heavy atom. The zero-order chi connectivity index (χ0) is 21.8. The van der Waals surface area contributed by atoms with Crippen LogP contribution in [0, 0.1) is 15.5 Å². The monoisotopic (exact) mass is 422 g/mol. The quantitative estimate of drug-likeness (QED) is 0.408. The fourth-order valence-corrected chi connectivity index (χ4v) is 4.79. The van der Waals surface area contributed by atoms with E-state index in [-0.39, 0.29) is 12.1 Å². The topological polar surface area (TPSA) is 138 Å². The van der Waals surface area contributed by atoms with Gasteiger partial charge >= 0.3 is 6.03 Å². The molecule has 11 heteroatoms. The molecule has 4 heterocycles. The number of benzene rings is 1. The number of piperazine rings is 1. The minimum Gasteiger partial charge on any atom is -0.363 e. The van der Waals surface area contributed by atoms with Crippen LogP contribution in [-0.2, 0) is 16.0 Å². The van der Waals surface area contributed by atoms with E-state index in [2.05, 4.69) is 15.6 Å². The molecular weight excluding hydrogens is 404 g/mol. The van der Waals surface area contributed by atoms with E-state index in [4.69, 9.17) is 0 Å². The number of nitrogens with zero attached hydrogens (tertiary/aromatic N) is 4. The number of hydrogen-bond acceptors (Lipinski definition) is 8. The Bertz CT molecular complexity index is 1100. The number of fused-ring (bicyclic) bond motifs is 4. The summed E-state index contributed by atoms with van der Waals surface area (Å²) in [5, 5.41) is 15.7. The fraction of sp³-hybridized carbons (Fsp3) is 0.300. The van der Waals surface area contributed by atoms with E-state index >= 15 is 0 Å². The van der Waals surface area contributed by atoms with Crippen molar-refractivity contribution < 1.29 is 19.3 Å². The molecule has 3 aliphatic heterocycles. The largest absolute Gasteiger partial charge is 0.363 e. The van der Waals surface area contributed by atoms with Crippen molar-refractivity contribution in [3.05, 3.63) is 58.3 Å². The molecule has 0 aliphatic carbocycles. The second kappa shape index (κ2) is 6.76. The van der Waals surface area contributed by atoms with E-state index < -0.39 is 34.2 Å². The van der Waals surface area contributed by atoms with E-state index in [0.29, 0.717) is 25.2 Å². The lowest BCUT2D eigenvalue weighted by Crippen LogP contribution is -2.74. The highest BCUT2D eigenvalue weighted by Gasteiger charge is 2.61. The lowest BCUT2D eigenvalue weighted by molar-refractivity contribution is -0.384. The molecule has 4 amide bonds. The van der Waals surface area contributed by atoms with Gasteiger partial charge in [0, 0.05) is 50.1 Å².